The second kappa shape index (κ2) is 7.48. The van der Waals surface area contributed by atoms with E-state index < -0.39 is 0 Å². The Morgan fingerprint density at radius 1 is 1.07 bits per heavy atom. The van der Waals surface area contributed by atoms with Gasteiger partial charge in [0.05, 0.1) is 7.11 Å². The summed E-state index contributed by atoms with van der Waals surface area (Å²) in [4.78, 5) is 3.64. The monoisotopic (exact) mass is 372 g/mol. The standard InChI is InChI=1S/C25H28N2O/c1-28-21-8-9-22-23-14-17(7-10-24(23)27-25(22)16-21)13-20-15-19(11-12-26-20)18-5-3-2-4-6-18/h2-6,8-9,11,16-17,20,26-27H,7,10,12-15H2,1H3. The molecule has 0 saturated heterocycles. The van der Waals surface area contributed by atoms with E-state index in [1.165, 1.54) is 52.6 Å². The molecule has 1 aliphatic carbocycles. The van der Waals surface area contributed by atoms with Gasteiger partial charge in [0, 0.05) is 35.2 Å². The Labute approximate surface area is 166 Å². The number of aromatic amines is 1. The van der Waals surface area contributed by atoms with E-state index in [2.05, 4.69) is 64.9 Å². The third-order valence-electron chi connectivity index (χ3n) is 6.48. The molecule has 0 spiro atoms. The van der Waals surface area contributed by atoms with E-state index in [4.69, 9.17) is 4.74 Å². The van der Waals surface area contributed by atoms with Crippen LogP contribution in [0.4, 0.5) is 0 Å². The van der Waals surface area contributed by atoms with Crippen LogP contribution in [0.3, 0.4) is 0 Å². The van der Waals surface area contributed by atoms with Crippen LogP contribution in [0.2, 0.25) is 0 Å². The van der Waals surface area contributed by atoms with Gasteiger partial charge in [-0.05, 0) is 66.9 Å². The van der Waals surface area contributed by atoms with E-state index in [1.807, 2.05) is 0 Å². The van der Waals surface area contributed by atoms with Gasteiger partial charge in [0.15, 0.2) is 0 Å². The van der Waals surface area contributed by atoms with Crippen molar-refractivity contribution >= 4 is 16.5 Å². The Morgan fingerprint density at radius 2 is 1.96 bits per heavy atom. The average molecular weight is 373 g/mol. The first-order chi connectivity index (χ1) is 13.8. The van der Waals surface area contributed by atoms with Crippen molar-refractivity contribution < 1.29 is 4.74 Å². The summed E-state index contributed by atoms with van der Waals surface area (Å²) in [6.45, 7) is 0.986. The molecule has 0 saturated carbocycles. The lowest BCUT2D eigenvalue weighted by molar-refractivity contribution is 0.356. The van der Waals surface area contributed by atoms with Crippen molar-refractivity contribution in [2.75, 3.05) is 13.7 Å². The predicted molar refractivity (Wildman–Crippen MR) is 116 cm³/mol. The van der Waals surface area contributed by atoms with Crippen molar-refractivity contribution in [2.45, 2.75) is 38.1 Å². The summed E-state index contributed by atoms with van der Waals surface area (Å²) in [6, 6.07) is 17.9. The molecule has 2 aliphatic rings. The molecule has 2 heterocycles. The fourth-order valence-corrected chi connectivity index (χ4v) is 5.03. The number of rotatable bonds is 4. The normalized spacial score (nSPS) is 22.0. The van der Waals surface area contributed by atoms with E-state index in [-0.39, 0.29) is 0 Å². The van der Waals surface area contributed by atoms with Crippen molar-refractivity contribution in [2.24, 2.45) is 5.92 Å². The second-order valence-corrected chi connectivity index (χ2v) is 8.24. The van der Waals surface area contributed by atoms with Crippen LogP contribution in [-0.2, 0) is 12.8 Å². The molecule has 0 fully saturated rings. The van der Waals surface area contributed by atoms with Crippen LogP contribution in [0, 0.1) is 5.92 Å². The smallest absolute Gasteiger partial charge is 0.120 e. The highest BCUT2D eigenvalue weighted by molar-refractivity contribution is 5.86. The predicted octanol–water partition coefficient (Wildman–Crippen LogP) is 5.12. The molecular weight excluding hydrogens is 344 g/mol. The number of nitrogens with one attached hydrogen (secondary N) is 2. The summed E-state index contributed by atoms with van der Waals surface area (Å²) in [6.07, 6.45) is 8.37. The van der Waals surface area contributed by atoms with Crippen molar-refractivity contribution in [3.05, 3.63) is 71.4 Å². The second-order valence-electron chi connectivity index (χ2n) is 8.24. The number of methoxy groups -OCH3 is 1. The third kappa shape index (κ3) is 3.35. The van der Waals surface area contributed by atoms with Crippen LogP contribution in [0.25, 0.3) is 16.5 Å². The van der Waals surface area contributed by atoms with E-state index in [0.717, 1.165) is 31.1 Å². The van der Waals surface area contributed by atoms with Gasteiger partial charge in [-0.25, -0.2) is 0 Å². The molecule has 3 nitrogen and oxygen atoms in total. The molecule has 3 aromatic rings. The maximum atomic E-state index is 5.39. The Kier molecular flexibility index (Phi) is 4.69. The summed E-state index contributed by atoms with van der Waals surface area (Å²) < 4.78 is 5.39. The minimum absolute atomic E-state index is 0.581. The highest BCUT2D eigenvalue weighted by Gasteiger charge is 2.26. The van der Waals surface area contributed by atoms with E-state index in [0.29, 0.717) is 6.04 Å². The number of ether oxygens (including phenoxy) is 1. The highest BCUT2D eigenvalue weighted by atomic mass is 16.5. The van der Waals surface area contributed by atoms with E-state index in [1.54, 1.807) is 7.11 Å². The molecule has 28 heavy (non-hydrogen) atoms. The van der Waals surface area contributed by atoms with Crippen LogP contribution >= 0.6 is 0 Å². The Balaban J connectivity index is 1.30. The molecule has 1 aliphatic heterocycles. The molecule has 2 N–H and O–H groups in total. The first-order valence-corrected chi connectivity index (χ1v) is 10.5. The molecule has 0 bridgehead atoms. The van der Waals surface area contributed by atoms with Gasteiger partial charge in [-0.15, -0.1) is 0 Å². The van der Waals surface area contributed by atoms with Gasteiger partial charge >= 0.3 is 0 Å². The van der Waals surface area contributed by atoms with Crippen LogP contribution < -0.4 is 10.1 Å². The molecule has 144 valence electrons. The van der Waals surface area contributed by atoms with Crippen molar-refractivity contribution in [3.63, 3.8) is 0 Å². The van der Waals surface area contributed by atoms with E-state index in [9.17, 15) is 0 Å². The number of aryl methyl sites for hydroxylation is 1. The van der Waals surface area contributed by atoms with Crippen molar-refractivity contribution in [1.29, 1.82) is 0 Å². The van der Waals surface area contributed by atoms with Crippen molar-refractivity contribution in [1.82, 2.24) is 10.3 Å². The van der Waals surface area contributed by atoms with Crippen molar-refractivity contribution in [3.8, 4) is 5.75 Å². The van der Waals surface area contributed by atoms with Crippen LogP contribution in [0.1, 0.15) is 36.1 Å². The van der Waals surface area contributed by atoms with Gasteiger partial charge < -0.3 is 15.0 Å². The lowest BCUT2D eigenvalue weighted by Crippen LogP contribution is -2.35. The molecule has 3 heteroatoms. The minimum Gasteiger partial charge on any atom is -0.497 e. The zero-order valence-electron chi connectivity index (χ0n) is 16.5. The zero-order chi connectivity index (χ0) is 18.9. The van der Waals surface area contributed by atoms with Crippen LogP contribution in [-0.4, -0.2) is 24.7 Å². The number of hydrogen-bond donors (Lipinski definition) is 2. The van der Waals surface area contributed by atoms with Gasteiger partial charge in [-0.2, -0.15) is 0 Å². The number of fused-ring (bicyclic) bond motifs is 3. The summed E-state index contributed by atoms with van der Waals surface area (Å²) in [5, 5.41) is 5.11. The average Bonchev–Trinajstić information content (AvgIpc) is 3.11. The first-order valence-electron chi connectivity index (χ1n) is 10.5. The maximum absolute atomic E-state index is 5.39. The fraction of sp³-hybridized carbons (Fsp3) is 0.360. The number of benzene rings is 2. The Hall–Kier alpha value is -2.52. The largest absolute Gasteiger partial charge is 0.497 e. The Morgan fingerprint density at radius 3 is 2.82 bits per heavy atom. The molecule has 0 amide bonds. The molecule has 0 radical (unpaired) electrons. The zero-order valence-corrected chi connectivity index (χ0v) is 16.5. The summed E-state index contributed by atoms with van der Waals surface area (Å²) in [5.74, 6) is 1.68. The third-order valence-corrected chi connectivity index (χ3v) is 6.48. The summed E-state index contributed by atoms with van der Waals surface area (Å²) in [7, 11) is 1.73. The maximum Gasteiger partial charge on any atom is 0.120 e. The number of H-pyrrole nitrogens is 1. The minimum atomic E-state index is 0.581. The topological polar surface area (TPSA) is 37.0 Å². The molecule has 5 rings (SSSR count). The summed E-state index contributed by atoms with van der Waals surface area (Å²) >= 11 is 0. The molecule has 2 unspecified atom stereocenters. The molecule has 2 aromatic carbocycles. The van der Waals surface area contributed by atoms with E-state index >= 15 is 0 Å². The Bertz CT molecular complexity index is 1000. The highest BCUT2D eigenvalue weighted by Crippen LogP contribution is 2.36. The molecule has 1 aromatic heterocycles. The van der Waals surface area contributed by atoms with Crippen LogP contribution in [0.5, 0.6) is 5.75 Å². The fourth-order valence-electron chi connectivity index (χ4n) is 5.03. The van der Waals surface area contributed by atoms with Gasteiger partial charge in [-0.1, -0.05) is 36.4 Å². The molecule has 2 atom stereocenters. The molecular formula is C25H28N2O. The van der Waals surface area contributed by atoms with Gasteiger partial charge in [0.25, 0.3) is 0 Å². The van der Waals surface area contributed by atoms with Gasteiger partial charge in [0.1, 0.15) is 5.75 Å². The quantitative estimate of drug-likeness (QED) is 0.667. The number of aromatic nitrogens is 1. The first kappa shape index (κ1) is 17.6. The SMILES string of the molecule is COc1ccc2c3c([nH]c2c1)CCC(CC1CC(c2ccccc2)=CCN1)C3. The summed E-state index contributed by atoms with van der Waals surface area (Å²) in [5.41, 5.74) is 7.06. The lowest BCUT2D eigenvalue weighted by Gasteiger charge is -2.30. The van der Waals surface area contributed by atoms with Gasteiger partial charge in [0.2, 0.25) is 0 Å². The van der Waals surface area contributed by atoms with Crippen LogP contribution in [0.15, 0.2) is 54.6 Å². The van der Waals surface area contributed by atoms with Gasteiger partial charge in [-0.3, -0.25) is 0 Å². The number of hydrogen-bond acceptors (Lipinski definition) is 2. The lowest BCUT2D eigenvalue weighted by atomic mass is 9.80.